The molecule has 4 nitrogen and oxygen atoms in total. The molecule has 0 radical (unpaired) electrons. The average Bonchev–Trinajstić information content (AvgIpc) is 2.90. The number of hydrogen-bond donors (Lipinski definition) is 2. The van der Waals surface area contributed by atoms with Crippen LogP contribution in [0.4, 0.5) is 4.39 Å². The fourth-order valence-electron chi connectivity index (χ4n) is 1.90. The standard InChI is InChI=1S/C12H16FNO3S2/c13-11-2-1-9(7-15)5-12(11)19(16,17)14-6-10-3-4-18-8-10/h1-2,5,10,14-15H,3-4,6-8H2. The highest BCUT2D eigenvalue weighted by Gasteiger charge is 2.22. The molecule has 1 aliphatic heterocycles. The Balaban J connectivity index is 2.13. The molecule has 1 fully saturated rings. The summed E-state index contributed by atoms with van der Waals surface area (Å²) in [6.45, 7) is 0.0141. The number of thioether (sulfide) groups is 1. The molecule has 1 saturated heterocycles. The maximum Gasteiger partial charge on any atom is 0.243 e. The first-order chi connectivity index (χ1) is 9.03. The van der Waals surface area contributed by atoms with E-state index < -0.39 is 20.7 Å². The minimum absolute atomic E-state index is 0.309. The van der Waals surface area contributed by atoms with Gasteiger partial charge in [0.2, 0.25) is 10.0 Å². The molecular weight excluding hydrogens is 289 g/mol. The first-order valence-electron chi connectivity index (χ1n) is 5.99. The summed E-state index contributed by atoms with van der Waals surface area (Å²) in [6, 6.07) is 3.59. The molecule has 0 saturated carbocycles. The van der Waals surface area contributed by atoms with Gasteiger partial charge < -0.3 is 5.11 Å². The highest BCUT2D eigenvalue weighted by molar-refractivity contribution is 7.99. The van der Waals surface area contributed by atoms with E-state index in [1.165, 1.54) is 12.1 Å². The molecule has 0 amide bonds. The van der Waals surface area contributed by atoms with Gasteiger partial charge in [-0.25, -0.2) is 17.5 Å². The number of aliphatic hydroxyl groups is 1. The Kier molecular flexibility index (Phi) is 4.83. The van der Waals surface area contributed by atoms with Crippen LogP contribution < -0.4 is 4.72 Å². The second-order valence-corrected chi connectivity index (χ2v) is 7.39. The highest BCUT2D eigenvalue weighted by Crippen LogP contribution is 2.23. The monoisotopic (exact) mass is 305 g/mol. The van der Waals surface area contributed by atoms with E-state index in [2.05, 4.69) is 4.72 Å². The van der Waals surface area contributed by atoms with Crippen molar-refractivity contribution < 1.29 is 17.9 Å². The summed E-state index contributed by atoms with van der Waals surface area (Å²) in [5.41, 5.74) is 0.373. The SMILES string of the molecule is O=S(=O)(NCC1CCSC1)c1cc(CO)ccc1F. The molecule has 1 aromatic rings. The predicted octanol–water partition coefficient (Wildman–Crippen LogP) is 1.35. The number of nitrogens with one attached hydrogen (secondary N) is 1. The second-order valence-electron chi connectivity index (χ2n) is 4.50. The third-order valence-electron chi connectivity index (χ3n) is 3.05. The average molecular weight is 305 g/mol. The Hall–Kier alpha value is -0.630. The molecular formula is C12H16FNO3S2. The third-order valence-corrected chi connectivity index (χ3v) is 5.72. The number of rotatable bonds is 5. The van der Waals surface area contributed by atoms with Crippen molar-refractivity contribution in [2.75, 3.05) is 18.1 Å². The van der Waals surface area contributed by atoms with Crippen LogP contribution in [0.1, 0.15) is 12.0 Å². The van der Waals surface area contributed by atoms with Gasteiger partial charge >= 0.3 is 0 Å². The van der Waals surface area contributed by atoms with Crippen LogP contribution in [0.15, 0.2) is 23.1 Å². The second kappa shape index (κ2) is 6.21. The molecule has 1 heterocycles. The van der Waals surface area contributed by atoms with E-state index in [0.29, 0.717) is 18.0 Å². The third kappa shape index (κ3) is 3.68. The van der Waals surface area contributed by atoms with Crippen LogP contribution in [0.3, 0.4) is 0 Å². The van der Waals surface area contributed by atoms with E-state index in [1.54, 1.807) is 11.8 Å². The van der Waals surface area contributed by atoms with Crippen molar-refractivity contribution in [1.29, 1.82) is 0 Å². The fraction of sp³-hybridized carbons (Fsp3) is 0.500. The summed E-state index contributed by atoms with van der Waals surface area (Å²) in [6.07, 6.45) is 0.979. The summed E-state index contributed by atoms with van der Waals surface area (Å²) in [4.78, 5) is -0.398. The van der Waals surface area contributed by atoms with Gasteiger partial charge in [-0.1, -0.05) is 6.07 Å². The molecule has 7 heteroatoms. The van der Waals surface area contributed by atoms with Crippen molar-refractivity contribution in [3.05, 3.63) is 29.6 Å². The lowest BCUT2D eigenvalue weighted by Gasteiger charge is -2.12. The minimum atomic E-state index is -3.86. The highest BCUT2D eigenvalue weighted by atomic mass is 32.2. The van der Waals surface area contributed by atoms with Crippen molar-refractivity contribution in [3.63, 3.8) is 0 Å². The van der Waals surface area contributed by atoms with Gasteiger partial charge in [0, 0.05) is 6.54 Å². The van der Waals surface area contributed by atoms with Crippen LogP contribution in [0.5, 0.6) is 0 Å². The van der Waals surface area contributed by atoms with Gasteiger partial charge in [0.15, 0.2) is 0 Å². The van der Waals surface area contributed by atoms with Gasteiger partial charge in [-0.05, 0) is 41.5 Å². The van der Waals surface area contributed by atoms with Crippen molar-refractivity contribution in [2.24, 2.45) is 5.92 Å². The number of halogens is 1. The zero-order valence-electron chi connectivity index (χ0n) is 10.3. The molecule has 1 atom stereocenters. The number of sulfonamides is 1. The Morgan fingerprint density at radius 2 is 2.26 bits per heavy atom. The maximum atomic E-state index is 13.6. The molecule has 0 spiro atoms. The molecule has 1 unspecified atom stereocenters. The molecule has 0 aliphatic carbocycles. The smallest absolute Gasteiger partial charge is 0.243 e. The maximum absolute atomic E-state index is 13.6. The van der Waals surface area contributed by atoms with Crippen LogP contribution in [0.25, 0.3) is 0 Å². The Morgan fingerprint density at radius 3 is 2.89 bits per heavy atom. The van der Waals surface area contributed by atoms with Crippen LogP contribution >= 0.6 is 11.8 Å². The Morgan fingerprint density at radius 1 is 1.47 bits per heavy atom. The number of benzene rings is 1. The normalized spacial score (nSPS) is 19.8. The molecule has 0 aromatic heterocycles. The van der Waals surface area contributed by atoms with E-state index in [0.717, 1.165) is 24.0 Å². The first kappa shape index (κ1) is 14.8. The van der Waals surface area contributed by atoms with E-state index in [9.17, 15) is 12.8 Å². The molecule has 1 aliphatic rings. The molecule has 0 bridgehead atoms. The minimum Gasteiger partial charge on any atom is -0.392 e. The number of aliphatic hydroxyl groups excluding tert-OH is 1. The van der Waals surface area contributed by atoms with Crippen molar-refractivity contribution in [3.8, 4) is 0 Å². The van der Waals surface area contributed by atoms with Crippen molar-refractivity contribution in [1.82, 2.24) is 4.72 Å². The predicted molar refractivity (Wildman–Crippen MR) is 72.9 cm³/mol. The van der Waals surface area contributed by atoms with Crippen molar-refractivity contribution >= 4 is 21.8 Å². The van der Waals surface area contributed by atoms with Crippen molar-refractivity contribution in [2.45, 2.75) is 17.9 Å². The Bertz CT molecular complexity index is 542. The molecule has 106 valence electrons. The summed E-state index contributed by atoms with van der Waals surface area (Å²) >= 11 is 1.80. The Labute approximate surface area is 116 Å². The quantitative estimate of drug-likeness (QED) is 0.862. The van der Waals surface area contributed by atoms with E-state index in [4.69, 9.17) is 5.11 Å². The van der Waals surface area contributed by atoms with Gasteiger partial charge in [-0.2, -0.15) is 11.8 Å². The van der Waals surface area contributed by atoms with E-state index in [1.807, 2.05) is 0 Å². The van der Waals surface area contributed by atoms with Gasteiger partial charge in [-0.3, -0.25) is 0 Å². The lowest BCUT2D eigenvalue weighted by molar-refractivity contribution is 0.281. The van der Waals surface area contributed by atoms with Crippen LogP contribution in [0.2, 0.25) is 0 Å². The summed E-state index contributed by atoms with van der Waals surface area (Å²) in [5, 5.41) is 8.98. The van der Waals surface area contributed by atoms with Gasteiger partial charge in [0.25, 0.3) is 0 Å². The first-order valence-corrected chi connectivity index (χ1v) is 8.63. The summed E-state index contributed by atoms with van der Waals surface area (Å²) < 4.78 is 40.1. The fourth-order valence-corrected chi connectivity index (χ4v) is 4.43. The largest absolute Gasteiger partial charge is 0.392 e. The summed E-state index contributed by atoms with van der Waals surface area (Å²) in [7, 11) is -3.86. The lowest BCUT2D eigenvalue weighted by Crippen LogP contribution is -2.30. The number of hydrogen-bond acceptors (Lipinski definition) is 4. The topological polar surface area (TPSA) is 66.4 Å². The van der Waals surface area contributed by atoms with Gasteiger partial charge in [-0.15, -0.1) is 0 Å². The lowest BCUT2D eigenvalue weighted by atomic mass is 10.1. The van der Waals surface area contributed by atoms with Crippen LogP contribution in [0, 0.1) is 11.7 Å². The summed E-state index contributed by atoms with van der Waals surface area (Å²) in [5.74, 6) is 1.48. The van der Waals surface area contributed by atoms with Crippen LogP contribution in [-0.4, -0.2) is 31.6 Å². The zero-order valence-corrected chi connectivity index (χ0v) is 11.9. The molecule has 19 heavy (non-hydrogen) atoms. The van der Waals surface area contributed by atoms with Gasteiger partial charge in [0.1, 0.15) is 10.7 Å². The van der Waals surface area contributed by atoms with E-state index in [-0.39, 0.29) is 6.61 Å². The molecule has 2 rings (SSSR count). The van der Waals surface area contributed by atoms with Crippen LogP contribution in [-0.2, 0) is 16.6 Å². The zero-order chi connectivity index (χ0) is 13.9. The molecule has 1 aromatic carbocycles. The van der Waals surface area contributed by atoms with Gasteiger partial charge in [0.05, 0.1) is 6.61 Å². The van der Waals surface area contributed by atoms with E-state index >= 15 is 0 Å². The molecule has 2 N–H and O–H groups in total.